The average Bonchev–Trinajstić information content (AvgIpc) is 3.12. The Labute approximate surface area is 134 Å². The van der Waals surface area contributed by atoms with Crippen LogP contribution in [0.25, 0.3) is 11.1 Å². The number of halogens is 1. The molecule has 0 fully saturated rings. The van der Waals surface area contributed by atoms with E-state index in [1.54, 1.807) is 7.05 Å². The summed E-state index contributed by atoms with van der Waals surface area (Å²) < 4.78 is 6.81. The van der Waals surface area contributed by atoms with Gasteiger partial charge in [0.1, 0.15) is 0 Å². The molecule has 0 spiro atoms. The zero-order valence-corrected chi connectivity index (χ0v) is 14.0. The summed E-state index contributed by atoms with van der Waals surface area (Å²) in [5.41, 5.74) is 4.11. The quantitative estimate of drug-likeness (QED) is 0.640. The molecule has 1 unspecified atom stereocenters. The van der Waals surface area contributed by atoms with Crippen LogP contribution in [0.4, 0.5) is 0 Å². The smallest absolute Gasteiger partial charge is 0.408 e. The van der Waals surface area contributed by atoms with Gasteiger partial charge < -0.3 is 4.42 Å². The van der Waals surface area contributed by atoms with Crippen molar-refractivity contribution in [3.8, 4) is 0 Å². The number of aryl methyl sites for hydroxylation is 3. The normalized spacial score (nSPS) is 15.5. The van der Waals surface area contributed by atoms with E-state index in [1.807, 2.05) is 23.5 Å². The topological polar surface area (TPSA) is 35.1 Å². The highest BCUT2D eigenvalue weighted by molar-refractivity contribution is 9.09. The van der Waals surface area contributed by atoms with Crippen LogP contribution in [0.5, 0.6) is 0 Å². The van der Waals surface area contributed by atoms with Crippen molar-refractivity contribution >= 4 is 38.4 Å². The minimum atomic E-state index is -0.316. The Kier molecular flexibility index (Phi) is 3.08. The zero-order chi connectivity index (χ0) is 14.6. The maximum absolute atomic E-state index is 11.6. The van der Waals surface area contributed by atoms with E-state index < -0.39 is 0 Å². The minimum absolute atomic E-state index is 0.156. The summed E-state index contributed by atoms with van der Waals surface area (Å²) in [6, 6.07) is 8.28. The van der Waals surface area contributed by atoms with Crippen molar-refractivity contribution in [1.29, 1.82) is 0 Å². The molecular weight excluding hydrogens is 350 g/mol. The van der Waals surface area contributed by atoms with E-state index >= 15 is 0 Å². The predicted molar refractivity (Wildman–Crippen MR) is 88.6 cm³/mol. The van der Waals surface area contributed by atoms with Gasteiger partial charge in [0, 0.05) is 16.8 Å². The Morgan fingerprint density at radius 2 is 2.19 bits per heavy atom. The standard InChI is InChI=1S/C16H14BrNO2S/c1-18-11-6-5-10(7-12(11)20-16(18)19)15(17)14-8-9-3-2-4-13(9)21-14/h5-8,15H,2-4H2,1H3. The van der Waals surface area contributed by atoms with Gasteiger partial charge in [-0.25, -0.2) is 4.79 Å². The third-order valence-corrected chi connectivity index (χ3v) is 6.75. The number of oxazole rings is 1. The van der Waals surface area contributed by atoms with Gasteiger partial charge in [0.25, 0.3) is 0 Å². The monoisotopic (exact) mass is 363 g/mol. The highest BCUT2D eigenvalue weighted by Crippen LogP contribution is 2.40. The molecule has 3 nitrogen and oxygen atoms in total. The first kappa shape index (κ1) is 13.3. The van der Waals surface area contributed by atoms with E-state index in [0.29, 0.717) is 5.58 Å². The molecule has 1 aromatic carbocycles. The van der Waals surface area contributed by atoms with E-state index in [9.17, 15) is 4.79 Å². The van der Waals surface area contributed by atoms with E-state index in [0.717, 1.165) is 11.1 Å². The van der Waals surface area contributed by atoms with Gasteiger partial charge in [-0.3, -0.25) is 4.57 Å². The van der Waals surface area contributed by atoms with E-state index in [2.05, 4.69) is 28.1 Å². The van der Waals surface area contributed by atoms with E-state index in [-0.39, 0.29) is 10.6 Å². The maximum atomic E-state index is 11.6. The largest absolute Gasteiger partial charge is 0.419 e. The Hall–Kier alpha value is -1.33. The Morgan fingerprint density at radius 3 is 3.00 bits per heavy atom. The van der Waals surface area contributed by atoms with Crippen molar-refractivity contribution in [3.05, 3.63) is 55.7 Å². The first-order valence-electron chi connectivity index (χ1n) is 6.98. The molecule has 2 heterocycles. The molecule has 2 aromatic heterocycles. The molecule has 0 saturated heterocycles. The molecule has 4 rings (SSSR count). The Bertz CT molecular complexity index is 868. The van der Waals surface area contributed by atoms with Crippen LogP contribution in [0.15, 0.2) is 33.5 Å². The summed E-state index contributed by atoms with van der Waals surface area (Å²) >= 11 is 5.68. The highest BCUT2D eigenvalue weighted by Gasteiger charge is 2.20. The van der Waals surface area contributed by atoms with Crippen LogP contribution in [-0.4, -0.2) is 4.57 Å². The summed E-state index contributed by atoms with van der Waals surface area (Å²) in [5, 5.41) is 0. The van der Waals surface area contributed by atoms with Crippen LogP contribution in [0.3, 0.4) is 0 Å². The molecule has 5 heteroatoms. The summed E-state index contributed by atoms with van der Waals surface area (Å²) in [4.78, 5) is 14.6. The lowest BCUT2D eigenvalue weighted by atomic mass is 10.1. The number of thiophene rings is 1. The first-order valence-corrected chi connectivity index (χ1v) is 8.72. The lowest BCUT2D eigenvalue weighted by Gasteiger charge is -2.08. The molecule has 0 bridgehead atoms. The molecule has 1 aliphatic rings. The van der Waals surface area contributed by atoms with Crippen LogP contribution >= 0.6 is 27.3 Å². The summed E-state index contributed by atoms with van der Waals surface area (Å²) in [6.45, 7) is 0. The van der Waals surface area contributed by atoms with Crippen molar-refractivity contribution in [1.82, 2.24) is 4.57 Å². The molecule has 21 heavy (non-hydrogen) atoms. The zero-order valence-electron chi connectivity index (χ0n) is 11.6. The third kappa shape index (κ3) is 2.10. The number of hydrogen-bond donors (Lipinski definition) is 0. The SMILES string of the molecule is Cn1c(=O)oc2cc(C(Br)c3cc4c(s3)CCC4)ccc21. The van der Waals surface area contributed by atoms with Gasteiger partial charge in [-0.05, 0) is 48.6 Å². The third-order valence-electron chi connectivity index (χ3n) is 4.12. The lowest BCUT2D eigenvalue weighted by molar-refractivity contribution is 0.528. The van der Waals surface area contributed by atoms with Crippen LogP contribution in [-0.2, 0) is 19.9 Å². The molecular formula is C16H14BrNO2S. The first-order chi connectivity index (χ1) is 10.1. The van der Waals surface area contributed by atoms with Crippen LogP contribution < -0.4 is 5.76 Å². The number of aromatic nitrogens is 1. The van der Waals surface area contributed by atoms with Crippen LogP contribution in [0.1, 0.15) is 32.1 Å². The number of rotatable bonds is 2. The van der Waals surface area contributed by atoms with Gasteiger partial charge in [-0.1, -0.05) is 22.0 Å². The van der Waals surface area contributed by atoms with Crippen molar-refractivity contribution in [2.75, 3.05) is 0 Å². The minimum Gasteiger partial charge on any atom is -0.408 e. The highest BCUT2D eigenvalue weighted by atomic mass is 79.9. The number of benzene rings is 1. The number of hydrogen-bond acceptors (Lipinski definition) is 3. The molecule has 3 aromatic rings. The van der Waals surface area contributed by atoms with E-state index in [1.165, 1.54) is 39.1 Å². The summed E-state index contributed by atoms with van der Waals surface area (Å²) in [6.07, 6.45) is 3.71. The fourth-order valence-corrected chi connectivity index (χ4v) is 4.91. The number of alkyl halides is 1. The van der Waals surface area contributed by atoms with Gasteiger partial charge in [0.05, 0.1) is 10.3 Å². The molecule has 0 N–H and O–H groups in total. The van der Waals surface area contributed by atoms with Crippen molar-refractivity contribution < 1.29 is 4.42 Å². The van der Waals surface area contributed by atoms with Gasteiger partial charge in [0.2, 0.25) is 0 Å². The van der Waals surface area contributed by atoms with Crippen molar-refractivity contribution in [2.45, 2.75) is 24.1 Å². The molecule has 108 valence electrons. The summed E-state index contributed by atoms with van der Waals surface area (Å²) in [7, 11) is 1.73. The second-order valence-corrected chi connectivity index (χ2v) is 7.55. The number of fused-ring (bicyclic) bond motifs is 2. The molecule has 0 radical (unpaired) electrons. The lowest BCUT2D eigenvalue weighted by Crippen LogP contribution is -2.08. The van der Waals surface area contributed by atoms with Crippen LogP contribution in [0.2, 0.25) is 0 Å². The number of nitrogens with zero attached hydrogens (tertiary/aromatic N) is 1. The second kappa shape index (κ2) is 4.85. The predicted octanol–water partition coefficient (Wildman–Crippen LogP) is 4.17. The molecule has 0 saturated carbocycles. The van der Waals surface area contributed by atoms with Gasteiger partial charge in [0.15, 0.2) is 5.58 Å². The second-order valence-electron chi connectivity index (χ2n) is 5.47. The van der Waals surface area contributed by atoms with Gasteiger partial charge in [-0.2, -0.15) is 0 Å². The van der Waals surface area contributed by atoms with Gasteiger partial charge >= 0.3 is 5.76 Å². The average molecular weight is 364 g/mol. The molecule has 0 aliphatic heterocycles. The van der Waals surface area contributed by atoms with Crippen molar-refractivity contribution in [2.24, 2.45) is 7.05 Å². The van der Waals surface area contributed by atoms with Gasteiger partial charge in [-0.15, -0.1) is 11.3 Å². The molecule has 0 amide bonds. The van der Waals surface area contributed by atoms with Crippen molar-refractivity contribution in [3.63, 3.8) is 0 Å². The Balaban J connectivity index is 1.76. The van der Waals surface area contributed by atoms with Crippen LogP contribution in [0, 0.1) is 0 Å². The fourth-order valence-electron chi connectivity index (χ4n) is 2.95. The maximum Gasteiger partial charge on any atom is 0.419 e. The Morgan fingerprint density at radius 1 is 1.33 bits per heavy atom. The summed E-state index contributed by atoms with van der Waals surface area (Å²) in [5.74, 6) is -0.316. The molecule has 1 aliphatic carbocycles. The molecule has 1 atom stereocenters. The van der Waals surface area contributed by atoms with E-state index in [4.69, 9.17) is 4.42 Å². The fraction of sp³-hybridized carbons (Fsp3) is 0.312.